The Labute approximate surface area is 285 Å². The highest BCUT2D eigenvalue weighted by atomic mass is 16.7. The summed E-state index contributed by atoms with van der Waals surface area (Å²) in [5.74, 6) is 0.683. The second kappa shape index (κ2) is 13.3. The third-order valence-corrected chi connectivity index (χ3v) is 14.2. The van der Waals surface area contributed by atoms with E-state index in [-0.39, 0.29) is 34.7 Å². The Morgan fingerprint density at radius 3 is 2.18 bits per heavy atom. The molecule has 7 rings (SSSR count). The summed E-state index contributed by atoms with van der Waals surface area (Å²) >= 11 is 0. The molecular formula is C35H54O14. The van der Waals surface area contributed by atoms with E-state index in [1.165, 1.54) is 0 Å². The normalized spacial score (nSPS) is 54.4. The lowest BCUT2D eigenvalue weighted by molar-refractivity contribution is -0.338. The number of cyclic esters (lactones) is 1. The second-order valence-electron chi connectivity index (χ2n) is 16.4. The molecule has 14 heteroatoms. The lowest BCUT2D eigenvalue weighted by atomic mass is 9.43. The van der Waals surface area contributed by atoms with Gasteiger partial charge in [-0.05, 0) is 92.4 Å². The van der Waals surface area contributed by atoms with E-state index >= 15 is 0 Å². The Hall–Kier alpha value is -1.27. The molecule has 2 saturated heterocycles. The van der Waals surface area contributed by atoms with Crippen LogP contribution in [0.15, 0.2) is 11.6 Å². The number of aliphatic hydroxyl groups is 8. The molecule has 0 aromatic heterocycles. The van der Waals surface area contributed by atoms with Crippen molar-refractivity contribution in [3.8, 4) is 0 Å². The van der Waals surface area contributed by atoms with Crippen LogP contribution in [-0.4, -0.2) is 140 Å². The summed E-state index contributed by atoms with van der Waals surface area (Å²) in [5.41, 5.74) is -0.0991. The van der Waals surface area contributed by atoms with E-state index in [1.54, 1.807) is 6.08 Å². The summed E-state index contributed by atoms with van der Waals surface area (Å²) in [6.45, 7) is 3.85. The van der Waals surface area contributed by atoms with E-state index in [0.29, 0.717) is 24.9 Å². The number of carbonyl (C=O) groups excluding carboxylic acids is 1. The molecule has 8 N–H and O–H groups in total. The minimum Gasteiger partial charge on any atom is -0.458 e. The lowest BCUT2D eigenvalue weighted by Crippen LogP contribution is -2.63. The summed E-state index contributed by atoms with van der Waals surface area (Å²) in [6, 6.07) is 0. The third-order valence-electron chi connectivity index (χ3n) is 14.2. The first kappa shape index (κ1) is 36.1. The Balaban J connectivity index is 0.982. The van der Waals surface area contributed by atoms with Gasteiger partial charge in [-0.1, -0.05) is 13.8 Å². The molecular weight excluding hydrogens is 644 g/mol. The number of hydrogen-bond acceptors (Lipinski definition) is 14. The van der Waals surface area contributed by atoms with Crippen LogP contribution in [0.3, 0.4) is 0 Å². The molecule has 7 aliphatic rings. The van der Waals surface area contributed by atoms with Gasteiger partial charge in [0.1, 0.15) is 55.4 Å². The predicted octanol–water partition coefficient (Wildman–Crippen LogP) is -0.747. The Morgan fingerprint density at radius 2 is 1.49 bits per heavy atom. The van der Waals surface area contributed by atoms with Gasteiger partial charge in [0.25, 0.3) is 0 Å². The van der Waals surface area contributed by atoms with Crippen LogP contribution in [0.2, 0.25) is 0 Å². The molecule has 6 fully saturated rings. The zero-order chi connectivity index (χ0) is 35.0. The van der Waals surface area contributed by atoms with E-state index in [0.717, 1.165) is 56.9 Å². The van der Waals surface area contributed by atoms with E-state index in [9.17, 15) is 45.6 Å². The molecule has 3 aliphatic heterocycles. The van der Waals surface area contributed by atoms with Crippen molar-refractivity contribution >= 4 is 5.97 Å². The number of ether oxygens (including phenoxy) is 5. The minimum atomic E-state index is -1.65. The van der Waals surface area contributed by atoms with Crippen molar-refractivity contribution in [1.29, 1.82) is 0 Å². The van der Waals surface area contributed by atoms with Crippen molar-refractivity contribution in [1.82, 2.24) is 0 Å². The van der Waals surface area contributed by atoms with Crippen LogP contribution < -0.4 is 0 Å². The molecule has 4 aliphatic carbocycles. The molecule has 0 amide bonds. The van der Waals surface area contributed by atoms with Gasteiger partial charge in [0.2, 0.25) is 0 Å². The van der Waals surface area contributed by atoms with E-state index in [2.05, 4.69) is 13.8 Å². The highest BCUT2D eigenvalue weighted by Gasteiger charge is 2.68. The fourth-order valence-electron chi connectivity index (χ4n) is 11.2. The Morgan fingerprint density at radius 1 is 0.796 bits per heavy atom. The van der Waals surface area contributed by atoms with Crippen LogP contribution in [0.1, 0.15) is 71.6 Å². The van der Waals surface area contributed by atoms with Crippen molar-refractivity contribution in [2.75, 3.05) is 19.8 Å². The van der Waals surface area contributed by atoms with Crippen LogP contribution in [0.4, 0.5) is 0 Å². The minimum absolute atomic E-state index is 0.00679. The summed E-state index contributed by atoms with van der Waals surface area (Å²) in [5, 5.41) is 84.5. The molecule has 4 saturated carbocycles. The van der Waals surface area contributed by atoms with Crippen LogP contribution in [0.25, 0.3) is 0 Å². The third kappa shape index (κ3) is 5.82. The lowest BCUT2D eigenvalue weighted by Gasteiger charge is -2.64. The predicted molar refractivity (Wildman–Crippen MR) is 167 cm³/mol. The maximum atomic E-state index is 12.5. The maximum Gasteiger partial charge on any atom is 0.331 e. The average molecular weight is 699 g/mol. The number of esters is 1. The molecule has 0 unspecified atom stereocenters. The number of aliphatic hydroxyl groups excluding tert-OH is 7. The standard InChI is InChI=1S/C35H54O14/c1-33-8-5-18(47-32-30(43)28(41)26(39)23(49-32)15-46-31-29(42)27(40)25(38)22(13-36)48-31)12-17(33)3-4-21-20(33)6-9-34(2)19(7-10-35(21,34)44)16-11-24(37)45-14-16/h11,17-23,25-32,36,38-44H,3-10,12-15H2,1-2H3/t17-,18+,19-,20-,21+,22+,23+,25+,26+,27-,28-,29+,30+,31+,32+,33+,34-,35+/m1/s1. The first-order chi connectivity index (χ1) is 23.2. The van der Waals surface area contributed by atoms with E-state index in [1.807, 2.05) is 0 Å². The molecule has 0 radical (unpaired) electrons. The van der Waals surface area contributed by atoms with Gasteiger partial charge in [0.05, 0.1) is 24.9 Å². The van der Waals surface area contributed by atoms with Crippen molar-refractivity contribution < 1.29 is 69.3 Å². The quantitative estimate of drug-likeness (QED) is 0.121. The van der Waals surface area contributed by atoms with E-state index < -0.39 is 80.2 Å². The highest BCUT2D eigenvalue weighted by Crippen LogP contribution is 2.70. The first-order valence-electron chi connectivity index (χ1n) is 18.1. The average Bonchev–Trinajstić information content (AvgIpc) is 3.63. The molecule has 278 valence electrons. The second-order valence-corrected chi connectivity index (χ2v) is 16.4. The molecule has 0 aromatic carbocycles. The van der Waals surface area contributed by atoms with Gasteiger partial charge in [-0.3, -0.25) is 0 Å². The molecule has 0 spiro atoms. The first-order valence-corrected chi connectivity index (χ1v) is 18.1. The van der Waals surface area contributed by atoms with Crippen molar-refractivity contribution in [3.63, 3.8) is 0 Å². The van der Waals surface area contributed by atoms with Crippen LogP contribution in [0, 0.1) is 34.5 Å². The monoisotopic (exact) mass is 698 g/mol. The van der Waals surface area contributed by atoms with Gasteiger partial charge >= 0.3 is 5.97 Å². The summed E-state index contributed by atoms with van der Waals surface area (Å²) in [6.07, 6.45) is -5.68. The van der Waals surface area contributed by atoms with Gasteiger partial charge in [-0.25, -0.2) is 4.79 Å². The zero-order valence-electron chi connectivity index (χ0n) is 28.3. The SMILES string of the molecule is C[C@]12CC[C@H](O[C@H]3O[C@@H](CO[C@H]4O[C@@H](CO)[C@H](O)[C@@H](O)[C@@H]4O)[C@H](O)[C@@H](O)[C@@H]3O)C[C@H]1CC[C@H]1[C@H]2CC[C@]2(C)[C@@H](C3=CC(=O)OC3)CC[C@]12O. The van der Waals surface area contributed by atoms with Crippen LogP contribution in [-0.2, 0) is 28.5 Å². The zero-order valence-corrected chi connectivity index (χ0v) is 28.3. The largest absolute Gasteiger partial charge is 0.458 e. The molecule has 49 heavy (non-hydrogen) atoms. The van der Waals surface area contributed by atoms with E-state index in [4.69, 9.17) is 23.7 Å². The van der Waals surface area contributed by atoms with Crippen molar-refractivity contribution in [3.05, 3.63) is 11.6 Å². The van der Waals surface area contributed by atoms with Gasteiger partial charge in [-0.2, -0.15) is 0 Å². The number of fused-ring (bicyclic) bond motifs is 5. The fraction of sp³-hybridized carbons (Fsp3) is 0.914. The van der Waals surface area contributed by atoms with Gasteiger partial charge in [0, 0.05) is 11.5 Å². The fourth-order valence-corrected chi connectivity index (χ4v) is 11.2. The Kier molecular flexibility index (Phi) is 9.80. The highest BCUT2D eigenvalue weighted by molar-refractivity contribution is 5.85. The van der Waals surface area contributed by atoms with Gasteiger partial charge in [0.15, 0.2) is 12.6 Å². The van der Waals surface area contributed by atoms with Crippen molar-refractivity contribution in [2.45, 2.75) is 145 Å². The summed E-state index contributed by atoms with van der Waals surface area (Å²) in [4.78, 5) is 11.9. The topological polar surface area (TPSA) is 225 Å². The molecule has 3 heterocycles. The Bertz CT molecular complexity index is 1260. The van der Waals surface area contributed by atoms with Gasteiger partial charge in [-0.15, -0.1) is 0 Å². The molecule has 0 bridgehead atoms. The maximum absolute atomic E-state index is 12.5. The number of rotatable bonds is 7. The molecule has 14 nitrogen and oxygen atoms in total. The van der Waals surface area contributed by atoms with Crippen LogP contribution in [0.5, 0.6) is 0 Å². The number of carbonyl (C=O) groups is 1. The summed E-state index contributed by atoms with van der Waals surface area (Å²) < 4.78 is 28.4. The van der Waals surface area contributed by atoms with Crippen molar-refractivity contribution in [2.24, 2.45) is 34.5 Å². The molecule has 18 atom stereocenters. The molecule has 0 aromatic rings. The van der Waals surface area contributed by atoms with Gasteiger partial charge < -0.3 is 64.5 Å². The number of hydrogen-bond donors (Lipinski definition) is 8. The smallest absolute Gasteiger partial charge is 0.331 e. The van der Waals surface area contributed by atoms with Crippen LogP contribution >= 0.6 is 0 Å². The summed E-state index contributed by atoms with van der Waals surface area (Å²) in [7, 11) is 0.